The van der Waals surface area contributed by atoms with E-state index in [0.29, 0.717) is 12.3 Å². The summed E-state index contributed by atoms with van der Waals surface area (Å²) >= 11 is 0. The van der Waals surface area contributed by atoms with E-state index >= 15 is 0 Å². The number of hydrogen-bond acceptors (Lipinski definition) is 7. The summed E-state index contributed by atoms with van der Waals surface area (Å²) in [5.41, 5.74) is -5.85. The van der Waals surface area contributed by atoms with Gasteiger partial charge in [-0.05, 0) is 39.3 Å². The van der Waals surface area contributed by atoms with Crippen LogP contribution in [0.1, 0.15) is 39.3 Å². The van der Waals surface area contributed by atoms with E-state index in [1.54, 1.807) is 20.8 Å². The van der Waals surface area contributed by atoms with Gasteiger partial charge in [0.15, 0.2) is 0 Å². The van der Waals surface area contributed by atoms with Crippen LogP contribution in [-0.4, -0.2) is 60.6 Å². The summed E-state index contributed by atoms with van der Waals surface area (Å²) in [6.45, 7) is 4.81. The molecule has 2 unspecified atom stereocenters. The Morgan fingerprint density at radius 3 is 2.39 bits per heavy atom. The number of alkyl halides is 3. The maximum absolute atomic E-state index is 14.0. The number of ether oxygens (including phenoxy) is 1. The summed E-state index contributed by atoms with van der Waals surface area (Å²) in [5, 5.41) is 12.9. The van der Waals surface area contributed by atoms with E-state index in [1.807, 2.05) is 0 Å². The fourth-order valence-electron chi connectivity index (χ4n) is 3.53. The molecule has 3 rings (SSSR count). The maximum Gasteiger partial charge on any atom is 0.423 e. The highest BCUT2D eigenvalue weighted by atomic mass is 32.2. The van der Waals surface area contributed by atoms with E-state index in [9.17, 15) is 40.9 Å². The van der Waals surface area contributed by atoms with Gasteiger partial charge in [-0.3, -0.25) is 14.8 Å². The fraction of sp³-hybridized carbons (Fsp3) is 0.478. The predicted molar refractivity (Wildman–Crippen MR) is 125 cm³/mol. The second-order valence-electron chi connectivity index (χ2n) is 9.62. The van der Waals surface area contributed by atoms with Gasteiger partial charge < -0.3 is 15.2 Å². The van der Waals surface area contributed by atoms with E-state index in [-0.39, 0.29) is 23.4 Å². The average Bonchev–Trinajstić information content (AvgIpc) is 2.78. The van der Waals surface area contributed by atoms with Gasteiger partial charge in [0, 0.05) is 29.6 Å². The zero-order chi connectivity index (χ0) is 28.5. The molecule has 0 radical (unpaired) electrons. The molecule has 15 heteroatoms. The molecule has 38 heavy (non-hydrogen) atoms. The van der Waals surface area contributed by atoms with Crippen LogP contribution in [0.25, 0.3) is 11.3 Å². The number of amides is 2. The lowest BCUT2D eigenvalue weighted by molar-refractivity contribution is -0.269. The van der Waals surface area contributed by atoms with Crippen molar-refractivity contribution >= 4 is 21.7 Å². The molecule has 3 atom stereocenters. The number of carbonyl (C=O) groups excluding carboxylic acids is 2. The van der Waals surface area contributed by atoms with Gasteiger partial charge in [-0.2, -0.15) is 17.5 Å². The van der Waals surface area contributed by atoms with Crippen molar-refractivity contribution in [3.05, 3.63) is 47.9 Å². The molecule has 208 valence electrons. The van der Waals surface area contributed by atoms with Crippen molar-refractivity contribution < 1.29 is 45.6 Å². The minimum atomic E-state index is -5.29. The number of nitrogens with one attached hydrogen (secondary N) is 1. The monoisotopic (exact) mass is 564 g/mol. The Kier molecular flexibility index (Phi) is 8.13. The molecule has 1 aromatic carbocycles. The van der Waals surface area contributed by atoms with Gasteiger partial charge in [0.1, 0.15) is 23.3 Å². The molecule has 0 saturated carbocycles. The van der Waals surface area contributed by atoms with Crippen molar-refractivity contribution in [3.63, 3.8) is 0 Å². The Balaban J connectivity index is 1.79. The van der Waals surface area contributed by atoms with Crippen molar-refractivity contribution in [2.24, 2.45) is 4.36 Å². The van der Waals surface area contributed by atoms with Crippen LogP contribution < -0.4 is 5.32 Å². The standard InChI is InChI=1S/C23H25F5N4O5S/c1-21(2,3)37-20(34)31-16-6-8-38(36,32-19(16)33)9-7-22(35,23(26,27)28)18-12-29-17(11-30-18)14-5-4-13(24)10-15(14)25/h4-5,10-12,16,35H,6-9H2,1-3H3,(H,31,34)/t16-,22?,38?/m0/s1. The van der Waals surface area contributed by atoms with E-state index in [0.717, 1.165) is 18.3 Å². The van der Waals surface area contributed by atoms with Gasteiger partial charge in [0.05, 0.1) is 33.5 Å². The fourth-order valence-corrected chi connectivity index (χ4v) is 5.59. The van der Waals surface area contributed by atoms with E-state index in [1.165, 1.54) is 0 Å². The molecule has 0 fully saturated rings. The summed E-state index contributed by atoms with van der Waals surface area (Å²) < 4.78 is 90.6. The van der Waals surface area contributed by atoms with Crippen molar-refractivity contribution in [1.29, 1.82) is 0 Å². The van der Waals surface area contributed by atoms with Crippen molar-refractivity contribution in [1.82, 2.24) is 15.3 Å². The van der Waals surface area contributed by atoms with Crippen LogP contribution in [0.3, 0.4) is 0 Å². The van der Waals surface area contributed by atoms with Gasteiger partial charge in [0.2, 0.25) is 5.60 Å². The Morgan fingerprint density at radius 2 is 1.87 bits per heavy atom. The lowest BCUT2D eigenvalue weighted by Gasteiger charge is -2.31. The van der Waals surface area contributed by atoms with Crippen LogP contribution in [0.2, 0.25) is 0 Å². The van der Waals surface area contributed by atoms with Gasteiger partial charge in [-0.25, -0.2) is 17.8 Å². The SMILES string of the molecule is CC(C)(C)OC(=O)N[C@H]1CCS(=O)(CCC(O)(c2cnc(-c3ccc(F)cc3F)cn2)C(F)(F)F)=NC1=O. The number of rotatable bonds is 6. The quantitative estimate of drug-likeness (QED) is 0.510. The molecule has 2 aromatic rings. The molecule has 0 saturated heterocycles. The maximum atomic E-state index is 14.0. The number of nitrogens with zero attached hydrogens (tertiary/aromatic N) is 3. The van der Waals surface area contributed by atoms with Crippen LogP contribution >= 0.6 is 0 Å². The summed E-state index contributed by atoms with van der Waals surface area (Å²) in [7, 11) is -3.52. The van der Waals surface area contributed by atoms with E-state index in [2.05, 4.69) is 19.6 Å². The summed E-state index contributed by atoms with van der Waals surface area (Å²) in [6.07, 6.45) is -6.17. The minimum Gasteiger partial charge on any atom is -0.444 e. The van der Waals surface area contributed by atoms with Gasteiger partial charge in [-0.15, -0.1) is 0 Å². The highest BCUT2D eigenvalue weighted by Gasteiger charge is 2.56. The number of aromatic nitrogens is 2. The molecule has 2 heterocycles. The Bertz CT molecular complexity index is 1340. The number of aliphatic hydroxyl groups is 1. The third-order valence-electron chi connectivity index (χ3n) is 5.51. The Morgan fingerprint density at radius 1 is 1.18 bits per heavy atom. The first-order chi connectivity index (χ1) is 17.4. The molecule has 0 aliphatic carbocycles. The van der Waals surface area contributed by atoms with Crippen molar-refractivity contribution in [2.45, 2.75) is 57.0 Å². The lowest BCUT2D eigenvalue weighted by Crippen LogP contribution is -2.47. The second kappa shape index (κ2) is 10.5. The number of carbonyl (C=O) groups is 2. The van der Waals surface area contributed by atoms with E-state index < -0.39 is 74.7 Å². The highest BCUT2D eigenvalue weighted by molar-refractivity contribution is 7.93. The van der Waals surface area contributed by atoms with Gasteiger partial charge >= 0.3 is 12.3 Å². The zero-order valence-electron chi connectivity index (χ0n) is 20.5. The number of alkyl carbamates (subject to hydrolysis) is 1. The third kappa shape index (κ3) is 6.81. The first-order valence-electron chi connectivity index (χ1n) is 11.3. The molecule has 0 spiro atoms. The van der Waals surface area contributed by atoms with Crippen LogP contribution in [-0.2, 0) is 24.9 Å². The number of benzene rings is 1. The largest absolute Gasteiger partial charge is 0.444 e. The summed E-state index contributed by atoms with van der Waals surface area (Å²) in [6, 6.07) is 1.36. The molecule has 1 aromatic heterocycles. The lowest BCUT2D eigenvalue weighted by atomic mass is 9.96. The first-order valence-corrected chi connectivity index (χ1v) is 13.1. The number of halogens is 5. The van der Waals surface area contributed by atoms with Gasteiger partial charge in [-0.1, -0.05) is 0 Å². The van der Waals surface area contributed by atoms with Crippen LogP contribution in [0.4, 0.5) is 26.7 Å². The van der Waals surface area contributed by atoms with Crippen molar-refractivity contribution in [3.8, 4) is 11.3 Å². The van der Waals surface area contributed by atoms with Crippen LogP contribution in [0.15, 0.2) is 35.0 Å². The average molecular weight is 565 g/mol. The third-order valence-corrected chi connectivity index (χ3v) is 7.73. The summed E-state index contributed by atoms with van der Waals surface area (Å²) in [5.74, 6) is -4.01. The molecular formula is C23H25F5N4O5S. The molecule has 0 bridgehead atoms. The topological polar surface area (TPSA) is 131 Å². The molecule has 2 N–H and O–H groups in total. The Hall–Kier alpha value is -3.20. The first kappa shape index (κ1) is 29.4. The number of hydrogen-bond donors (Lipinski definition) is 2. The summed E-state index contributed by atoms with van der Waals surface area (Å²) in [4.78, 5) is 31.6. The predicted octanol–water partition coefficient (Wildman–Crippen LogP) is 3.85. The highest BCUT2D eigenvalue weighted by Crippen LogP contribution is 2.41. The molecule has 9 nitrogen and oxygen atoms in total. The van der Waals surface area contributed by atoms with Gasteiger partial charge in [0.25, 0.3) is 5.91 Å². The van der Waals surface area contributed by atoms with Crippen molar-refractivity contribution in [2.75, 3.05) is 11.5 Å². The molecule has 2 amide bonds. The van der Waals surface area contributed by atoms with Crippen LogP contribution in [0.5, 0.6) is 0 Å². The minimum absolute atomic E-state index is 0.164. The molecule has 1 aliphatic rings. The second-order valence-corrected chi connectivity index (χ2v) is 12.2. The zero-order valence-corrected chi connectivity index (χ0v) is 21.3. The Labute approximate surface area is 215 Å². The molecule has 1 aliphatic heterocycles. The molecular weight excluding hydrogens is 539 g/mol. The van der Waals surface area contributed by atoms with E-state index in [4.69, 9.17) is 4.74 Å². The normalized spacial score (nSPS) is 21.8. The van der Waals surface area contributed by atoms with Crippen LogP contribution in [0, 0.1) is 11.6 Å². The smallest absolute Gasteiger partial charge is 0.423 e.